The zero-order valence-corrected chi connectivity index (χ0v) is 10.6. The molecule has 2 N–H and O–H groups in total. The molecular weight excluding hydrogens is 243 g/mol. The summed E-state index contributed by atoms with van der Waals surface area (Å²) >= 11 is 0. The fourth-order valence-corrected chi connectivity index (χ4v) is 2.44. The molecule has 0 aromatic carbocycles. The zero-order chi connectivity index (χ0) is 13.5. The number of rotatable bonds is 2. The van der Waals surface area contributed by atoms with E-state index < -0.39 is 12.2 Å². The van der Waals surface area contributed by atoms with Crippen LogP contribution in [0, 0.1) is 0 Å². The topological polar surface area (TPSA) is 43.8 Å². The smallest absolute Gasteiger partial charge is 0.331 e. The second kappa shape index (κ2) is 4.57. The van der Waals surface area contributed by atoms with Gasteiger partial charge in [0, 0.05) is 18.2 Å². The van der Waals surface area contributed by atoms with Crippen molar-refractivity contribution in [1.82, 2.24) is 9.55 Å². The summed E-state index contributed by atoms with van der Waals surface area (Å²) in [5.41, 5.74) is 6.00. The van der Waals surface area contributed by atoms with Gasteiger partial charge in [-0.2, -0.15) is 13.2 Å². The summed E-state index contributed by atoms with van der Waals surface area (Å²) in [5.74, 6) is 0.829. The fraction of sp³-hybridized carbons (Fsp3) is 0.750. The molecule has 0 aliphatic carbocycles. The predicted molar refractivity (Wildman–Crippen MR) is 62.2 cm³/mol. The van der Waals surface area contributed by atoms with E-state index in [4.69, 9.17) is 5.73 Å². The van der Waals surface area contributed by atoms with Crippen LogP contribution in [0.4, 0.5) is 13.2 Å². The number of nitrogens with two attached hydrogens (primary N) is 1. The largest absolute Gasteiger partial charge is 0.409 e. The minimum Gasteiger partial charge on any atom is -0.331 e. The van der Waals surface area contributed by atoms with Crippen LogP contribution in [0.5, 0.6) is 0 Å². The van der Waals surface area contributed by atoms with E-state index >= 15 is 0 Å². The van der Waals surface area contributed by atoms with Gasteiger partial charge in [-0.1, -0.05) is 13.8 Å². The Morgan fingerprint density at radius 2 is 1.94 bits per heavy atom. The number of aromatic nitrogens is 2. The average molecular weight is 261 g/mol. The molecule has 0 bridgehead atoms. The Balaban J connectivity index is 2.48. The van der Waals surface area contributed by atoms with Gasteiger partial charge in [0.2, 0.25) is 0 Å². The lowest BCUT2D eigenvalue weighted by atomic mass is 10.0. The highest BCUT2D eigenvalue weighted by atomic mass is 19.4. The third-order valence-corrected chi connectivity index (χ3v) is 3.34. The lowest BCUT2D eigenvalue weighted by molar-refractivity contribution is -0.150. The highest BCUT2D eigenvalue weighted by molar-refractivity contribution is 5.24. The van der Waals surface area contributed by atoms with Gasteiger partial charge in [-0.25, -0.2) is 4.98 Å². The number of nitrogens with zero attached hydrogens (tertiary/aromatic N) is 2. The van der Waals surface area contributed by atoms with Gasteiger partial charge < -0.3 is 10.3 Å². The number of hydrogen-bond donors (Lipinski definition) is 1. The number of alkyl halides is 3. The van der Waals surface area contributed by atoms with Crippen molar-refractivity contribution in [2.45, 2.75) is 57.8 Å². The number of imidazole rings is 1. The van der Waals surface area contributed by atoms with Crippen molar-refractivity contribution in [2.75, 3.05) is 0 Å². The van der Waals surface area contributed by atoms with Crippen molar-refractivity contribution in [3.8, 4) is 0 Å². The molecule has 0 spiro atoms. The van der Waals surface area contributed by atoms with Gasteiger partial charge in [-0.05, 0) is 19.3 Å². The summed E-state index contributed by atoms with van der Waals surface area (Å²) in [6, 6.07) is -1.97. The Hall–Kier alpha value is -1.04. The van der Waals surface area contributed by atoms with Gasteiger partial charge in [-0.3, -0.25) is 0 Å². The highest BCUT2D eigenvalue weighted by Crippen LogP contribution is 2.35. The maximum atomic E-state index is 12.7. The lowest BCUT2D eigenvalue weighted by Crippen LogP contribution is -2.30. The van der Waals surface area contributed by atoms with Gasteiger partial charge in [0.15, 0.2) is 0 Å². The van der Waals surface area contributed by atoms with Gasteiger partial charge in [0.25, 0.3) is 0 Å². The first-order valence-electron chi connectivity index (χ1n) is 6.24. The monoisotopic (exact) mass is 261 g/mol. The van der Waals surface area contributed by atoms with Gasteiger partial charge in [0.1, 0.15) is 11.9 Å². The summed E-state index contributed by atoms with van der Waals surface area (Å²) in [7, 11) is 0. The molecule has 3 nitrogen and oxygen atoms in total. The molecular formula is C12H18F3N3. The summed E-state index contributed by atoms with van der Waals surface area (Å²) in [5, 5.41) is 0. The minimum atomic E-state index is -4.43. The van der Waals surface area contributed by atoms with Gasteiger partial charge in [-0.15, -0.1) is 0 Å². The Morgan fingerprint density at radius 3 is 2.50 bits per heavy atom. The van der Waals surface area contributed by atoms with E-state index in [1.807, 2.05) is 18.4 Å². The molecule has 0 radical (unpaired) electrons. The Bertz CT molecular complexity index is 435. The minimum absolute atomic E-state index is 0.0194. The molecule has 2 rings (SSSR count). The summed E-state index contributed by atoms with van der Waals surface area (Å²) in [6.07, 6.45) is -1.90. The third-order valence-electron chi connectivity index (χ3n) is 3.34. The molecule has 1 aromatic heterocycles. The number of fused-ring (bicyclic) bond motifs is 1. The Morgan fingerprint density at radius 1 is 1.28 bits per heavy atom. The quantitative estimate of drug-likeness (QED) is 0.889. The van der Waals surface area contributed by atoms with Crippen LogP contribution < -0.4 is 5.73 Å². The van der Waals surface area contributed by atoms with Crippen molar-refractivity contribution in [3.05, 3.63) is 17.2 Å². The van der Waals surface area contributed by atoms with Crippen LogP contribution in [0.15, 0.2) is 0 Å². The highest BCUT2D eigenvalue weighted by Gasteiger charge is 2.41. The zero-order valence-electron chi connectivity index (χ0n) is 10.6. The summed E-state index contributed by atoms with van der Waals surface area (Å²) in [4.78, 5) is 4.18. The third kappa shape index (κ3) is 2.25. The molecule has 1 atom stereocenters. The van der Waals surface area contributed by atoms with E-state index in [2.05, 4.69) is 4.98 Å². The molecule has 0 saturated carbocycles. The normalized spacial score (nSPS) is 17.9. The van der Waals surface area contributed by atoms with Crippen molar-refractivity contribution >= 4 is 0 Å². The van der Waals surface area contributed by atoms with Gasteiger partial charge >= 0.3 is 6.18 Å². The van der Waals surface area contributed by atoms with E-state index in [0.29, 0.717) is 12.1 Å². The second-order valence-electron chi connectivity index (χ2n) is 5.08. The Kier molecular flexibility index (Phi) is 3.40. The molecule has 1 aliphatic heterocycles. The molecule has 2 heterocycles. The van der Waals surface area contributed by atoms with Crippen molar-refractivity contribution in [3.63, 3.8) is 0 Å². The van der Waals surface area contributed by atoms with Gasteiger partial charge in [0.05, 0.1) is 5.69 Å². The molecule has 0 saturated heterocycles. The van der Waals surface area contributed by atoms with Crippen LogP contribution in [0.2, 0.25) is 0 Å². The molecule has 6 heteroatoms. The number of halogens is 3. The molecule has 18 heavy (non-hydrogen) atoms. The maximum Gasteiger partial charge on any atom is 0.409 e. The molecule has 1 unspecified atom stereocenters. The average Bonchev–Trinajstić information content (AvgIpc) is 2.66. The maximum absolute atomic E-state index is 12.7. The predicted octanol–water partition coefficient (Wildman–Crippen LogP) is 2.90. The molecule has 1 aliphatic rings. The summed E-state index contributed by atoms with van der Waals surface area (Å²) in [6.45, 7) is 4.63. The molecule has 0 amide bonds. The van der Waals surface area contributed by atoms with Crippen LogP contribution >= 0.6 is 0 Å². The van der Waals surface area contributed by atoms with E-state index in [1.165, 1.54) is 0 Å². The van der Waals surface area contributed by atoms with E-state index in [9.17, 15) is 13.2 Å². The number of hydrogen-bond acceptors (Lipinski definition) is 2. The van der Waals surface area contributed by atoms with E-state index in [-0.39, 0.29) is 11.6 Å². The first kappa shape index (κ1) is 13.4. The van der Waals surface area contributed by atoms with Crippen LogP contribution in [0.25, 0.3) is 0 Å². The second-order valence-corrected chi connectivity index (χ2v) is 5.08. The van der Waals surface area contributed by atoms with Crippen molar-refractivity contribution in [2.24, 2.45) is 5.73 Å². The first-order valence-corrected chi connectivity index (χ1v) is 6.24. The van der Waals surface area contributed by atoms with Crippen molar-refractivity contribution < 1.29 is 13.2 Å². The van der Waals surface area contributed by atoms with Crippen LogP contribution in [0.1, 0.15) is 55.9 Å². The lowest BCUT2D eigenvalue weighted by Gasteiger charge is -2.20. The standard InChI is InChI=1S/C12H18F3N3/c1-7(2)11-17-9(10(16)12(13,14)15)8-5-3-4-6-18(8)11/h7,10H,3-6,16H2,1-2H3. The van der Waals surface area contributed by atoms with E-state index in [1.54, 1.807) is 0 Å². The van der Waals surface area contributed by atoms with Crippen molar-refractivity contribution in [1.29, 1.82) is 0 Å². The van der Waals surface area contributed by atoms with E-state index in [0.717, 1.165) is 25.2 Å². The van der Waals surface area contributed by atoms with Crippen LogP contribution in [-0.4, -0.2) is 15.7 Å². The molecule has 1 aromatic rings. The van der Waals surface area contributed by atoms with Crippen LogP contribution in [0.3, 0.4) is 0 Å². The first-order chi connectivity index (χ1) is 8.32. The fourth-order valence-electron chi connectivity index (χ4n) is 2.44. The SMILES string of the molecule is CC(C)c1nc(C(N)C(F)(F)F)c2n1CCCC2. The Labute approximate surface area is 104 Å². The molecule has 0 fully saturated rings. The summed E-state index contributed by atoms with van der Waals surface area (Å²) < 4.78 is 40.1. The molecule has 102 valence electrons. The van der Waals surface area contributed by atoms with Crippen LogP contribution in [-0.2, 0) is 13.0 Å².